The lowest BCUT2D eigenvalue weighted by Crippen LogP contribution is -2.27. The lowest BCUT2D eigenvalue weighted by molar-refractivity contribution is 0.320. The maximum Gasteiger partial charge on any atom is 0.0416 e. The fraction of sp³-hybridized carbons (Fsp3) is 0.353. The van der Waals surface area contributed by atoms with Crippen molar-refractivity contribution in [2.45, 2.75) is 12.3 Å². The third kappa shape index (κ3) is 2.99. The van der Waals surface area contributed by atoms with Crippen molar-refractivity contribution in [2.75, 3.05) is 32.0 Å². The summed E-state index contributed by atoms with van der Waals surface area (Å²) in [5, 5.41) is 3.49. The van der Waals surface area contributed by atoms with E-state index >= 15 is 0 Å². The number of nitrogens with one attached hydrogen (secondary N) is 1. The molecule has 2 heterocycles. The predicted octanol–water partition coefficient (Wildman–Crippen LogP) is 2.77. The monoisotopic (exact) mass is 267 g/mol. The lowest BCUT2D eigenvalue weighted by Gasteiger charge is -2.20. The first-order valence-corrected chi connectivity index (χ1v) is 7.24. The minimum Gasteiger partial charge on any atom is -0.384 e. The highest BCUT2D eigenvalue weighted by Gasteiger charge is 2.22. The summed E-state index contributed by atoms with van der Waals surface area (Å²) < 4.78 is 0. The van der Waals surface area contributed by atoms with Gasteiger partial charge >= 0.3 is 0 Å². The van der Waals surface area contributed by atoms with E-state index in [0.29, 0.717) is 5.92 Å². The van der Waals surface area contributed by atoms with Crippen molar-refractivity contribution in [3.8, 4) is 0 Å². The van der Waals surface area contributed by atoms with Crippen molar-refractivity contribution in [1.82, 2.24) is 9.88 Å². The molecule has 3 rings (SSSR count). The lowest BCUT2D eigenvalue weighted by atomic mass is 10.0. The first-order valence-electron chi connectivity index (χ1n) is 7.24. The molecule has 1 unspecified atom stereocenters. The molecule has 0 spiro atoms. The smallest absolute Gasteiger partial charge is 0.0416 e. The Kier molecular flexibility index (Phi) is 3.97. The molecule has 0 saturated heterocycles. The van der Waals surface area contributed by atoms with E-state index in [-0.39, 0.29) is 0 Å². The highest BCUT2D eigenvalue weighted by molar-refractivity contribution is 5.57. The van der Waals surface area contributed by atoms with Crippen LogP contribution in [0.4, 0.5) is 5.69 Å². The summed E-state index contributed by atoms with van der Waals surface area (Å²) in [6.45, 7) is 3.19. The molecule has 104 valence electrons. The second-order valence-electron chi connectivity index (χ2n) is 5.50. The van der Waals surface area contributed by atoms with Crippen LogP contribution in [-0.2, 0) is 6.42 Å². The van der Waals surface area contributed by atoms with Crippen LogP contribution < -0.4 is 5.32 Å². The molecule has 3 heteroatoms. The van der Waals surface area contributed by atoms with Gasteiger partial charge in [-0.1, -0.05) is 24.3 Å². The molecule has 0 aliphatic carbocycles. The second-order valence-corrected chi connectivity index (χ2v) is 5.50. The standard InChI is InChI=1S/C17H21N3/c1-20(11-9-15-6-4-5-10-18-15)13-14-12-19-17-8-3-2-7-16(14)17/h2-8,10,14,19H,9,11-13H2,1H3. The molecular weight excluding hydrogens is 246 g/mol. The Hall–Kier alpha value is -1.87. The van der Waals surface area contributed by atoms with E-state index in [4.69, 9.17) is 0 Å². The highest BCUT2D eigenvalue weighted by Crippen LogP contribution is 2.31. The van der Waals surface area contributed by atoms with Gasteiger partial charge in [0.15, 0.2) is 0 Å². The Morgan fingerprint density at radius 2 is 2.05 bits per heavy atom. The molecule has 20 heavy (non-hydrogen) atoms. The Balaban J connectivity index is 1.54. The number of benzene rings is 1. The van der Waals surface area contributed by atoms with Gasteiger partial charge in [-0.15, -0.1) is 0 Å². The zero-order valence-electron chi connectivity index (χ0n) is 11.9. The molecule has 1 atom stereocenters. The maximum atomic E-state index is 4.38. The van der Waals surface area contributed by atoms with E-state index < -0.39 is 0 Å². The fourth-order valence-corrected chi connectivity index (χ4v) is 2.84. The van der Waals surface area contributed by atoms with Crippen LogP contribution >= 0.6 is 0 Å². The molecule has 1 N–H and O–H groups in total. The number of nitrogens with zero attached hydrogens (tertiary/aromatic N) is 2. The Labute approximate surface area is 120 Å². The number of anilines is 1. The van der Waals surface area contributed by atoms with E-state index in [1.54, 1.807) is 0 Å². The van der Waals surface area contributed by atoms with Gasteiger partial charge in [-0.25, -0.2) is 0 Å². The third-order valence-electron chi connectivity index (χ3n) is 3.95. The molecule has 1 aliphatic rings. The number of hydrogen-bond donors (Lipinski definition) is 1. The number of rotatable bonds is 5. The Morgan fingerprint density at radius 1 is 1.20 bits per heavy atom. The number of pyridine rings is 1. The van der Waals surface area contributed by atoms with Crippen LogP contribution in [0.1, 0.15) is 17.2 Å². The minimum atomic E-state index is 0.597. The molecule has 0 bridgehead atoms. The van der Waals surface area contributed by atoms with Gasteiger partial charge in [-0.05, 0) is 30.8 Å². The maximum absolute atomic E-state index is 4.38. The van der Waals surface area contributed by atoms with Crippen molar-refractivity contribution < 1.29 is 0 Å². The summed E-state index contributed by atoms with van der Waals surface area (Å²) in [5.74, 6) is 0.597. The van der Waals surface area contributed by atoms with Crippen molar-refractivity contribution >= 4 is 5.69 Å². The minimum absolute atomic E-state index is 0.597. The molecule has 1 aliphatic heterocycles. The van der Waals surface area contributed by atoms with E-state index in [9.17, 15) is 0 Å². The average molecular weight is 267 g/mol. The summed E-state index contributed by atoms with van der Waals surface area (Å²) in [4.78, 5) is 6.79. The molecule has 0 fully saturated rings. The van der Waals surface area contributed by atoms with E-state index in [1.165, 1.54) is 16.9 Å². The van der Waals surface area contributed by atoms with Gasteiger partial charge in [0.25, 0.3) is 0 Å². The van der Waals surface area contributed by atoms with Crippen LogP contribution in [0.25, 0.3) is 0 Å². The number of fused-ring (bicyclic) bond motifs is 1. The summed E-state index contributed by atoms with van der Waals surface area (Å²) in [5.41, 5.74) is 3.93. The van der Waals surface area contributed by atoms with Gasteiger partial charge in [-0.3, -0.25) is 4.98 Å². The van der Waals surface area contributed by atoms with Gasteiger partial charge in [0.2, 0.25) is 0 Å². The van der Waals surface area contributed by atoms with Crippen molar-refractivity contribution in [1.29, 1.82) is 0 Å². The van der Waals surface area contributed by atoms with Crippen LogP contribution in [0.3, 0.4) is 0 Å². The van der Waals surface area contributed by atoms with Crippen molar-refractivity contribution in [2.24, 2.45) is 0 Å². The molecular formula is C17H21N3. The number of para-hydroxylation sites is 1. The Bertz CT molecular complexity index is 553. The van der Waals surface area contributed by atoms with Gasteiger partial charge in [0, 0.05) is 49.6 Å². The molecule has 0 amide bonds. The predicted molar refractivity (Wildman–Crippen MR) is 83.1 cm³/mol. The molecule has 1 aromatic carbocycles. The van der Waals surface area contributed by atoms with Crippen LogP contribution in [-0.4, -0.2) is 36.6 Å². The molecule has 0 saturated carbocycles. The largest absolute Gasteiger partial charge is 0.384 e. The fourth-order valence-electron chi connectivity index (χ4n) is 2.84. The molecule has 0 radical (unpaired) electrons. The second kappa shape index (κ2) is 6.06. The van der Waals surface area contributed by atoms with Gasteiger partial charge in [0.05, 0.1) is 0 Å². The number of aromatic nitrogens is 1. The normalized spacial score (nSPS) is 17.0. The summed E-state index contributed by atoms with van der Waals surface area (Å²) in [6.07, 6.45) is 2.88. The quantitative estimate of drug-likeness (QED) is 0.903. The van der Waals surface area contributed by atoms with E-state index in [2.05, 4.69) is 58.6 Å². The first-order chi connectivity index (χ1) is 9.83. The molecule has 1 aromatic heterocycles. The van der Waals surface area contributed by atoms with Crippen LogP contribution in [0.15, 0.2) is 48.7 Å². The third-order valence-corrected chi connectivity index (χ3v) is 3.95. The van der Waals surface area contributed by atoms with Crippen LogP contribution in [0.2, 0.25) is 0 Å². The summed E-state index contributed by atoms with van der Waals surface area (Å²) in [6, 6.07) is 14.8. The highest BCUT2D eigenvalue weighted by atomic mass is 15.1. The first kappa shape index (κ1) is 13.1. The summed E-state index contributed by atoms with van der Waals surface area (Å²) >= 11 is 0. The van der Waals surface area contributed by atoms with Gasteiger partial charge in [-0.2, -0.15) is 0 Å². The van der Waals surface area contributed by atoms with Crippen molar-refractivity contribution in [3.05, 3.63) is 59.9 Å². The van der Waals surface area contributed by atoms with Crippen LogP contribution in [0.5, 0.6) is 0 Å². The number of hydrogen-bond acceptors (Lipinski definition) is 3. The SMILES string of the molecule is CN(CCc1ccccn1)CC1CNc2ccccc21. The van der Waals surface area contributed by atoms with Gasteiger partial charge in [0.1, 0.15) is 0 Å². The average Bonchev–Trinajstić information content (AvgIpc) is 2.90. The summed E-state index contributed by atoms with van der Waals surface area (Å²) in [7, 11) is 2.20. The topological polar surface area (TPSA) is 28.2 Å². The Morgan fingerprint density at radius 3 is 2.90 bits per heavy atom. The zero-order valence-corrected chi connectivity index (χ0v) is 11.9. The molecule has 3 nitrogen and oxygen atoms in total. The van der Waals surface area contributed by atoms with Crippen LogP contribution in [0, 0.1) is 0 Å². The van der Waals surface area contributed by atoms with E-state index in [0.717, 1.165) is 26.1 Å². The zero-order chi connectivity index (χ0) is 13.8. The molecule has 2 aromatic rings. The number of likely N-dealkylation sites (N-methyl/N-ethyl adjacent to an activating group) is 1. The van der Waals surface area contributed by atoms with E-state index in [1.807, 2.05) is 12.3 Å². The van der Waals surface area contributed by atoms with Gasteiger partial charge < -0.3 is 10.2 Å². The van der Waals surface area contributed by atoms with Crippen molar-refractivity contribution in [3.63, 3.8) is 0 Å².